The van der Waals surface area contributed by atoms with Crippen LogP contribution in [0.25, 0.3) is 0 Å². The normalized spacial score (nSPS) is 13.6. The van der Waals surface area contributed by atoms with Crippen LogP contribution in [0, 0.1) is 5.41 Å². The fourth-order valence-electron chi connectivity index (χ4n) is 1.61. The van der Waals surface area contributed by atoms with E-state index in [1.165, 1.54) is 0 Å². The van der Waals surface area contributed by atoms with Gasteiger partial charge in [-0.1, -0.05) is 42.8 Å². The third-order valence-electron chi connectivity index (χ3n) is 2.13. The van der Waals surface area contributed by atoms with E-state index in [1.54, 1.807) is 0 Å². The first-order valence-corrected chi connectivity index (χ1v) is 6.30. The molecule has 1 unspecified atom stereocenters. The van der Waals surface area contributed by atoms with Gasteiger partial charge >= 0.3 is 0 Å². The Morgan fingerprint density at radius 1 is 1.38 bits per heavy atom. The standard InChI is InChI=1S/C13H20BrNO/c1-13(2,3)8-11(15)9-16-12-6-4-5-10(14)7-12/h4-7,11H,8-9,15H2,1-3H3. The van der Waals surface area contributed by atoms with Crippen LogP contribution in [0.1, 0.15) is 27.2 Å². The third-order valence-corrected chi connectivity index (χ3v) is 2.63. The van der Waals surface area contributed by atoms with E-state index in [0.717, 1.165) is 16.6 Å². The molecule has 0 amide bonds. The van der Waals surface area contributed by atoms with Crippen molar-refractivity contribution >= 4 is 15.9 Å². The number of benzene rings is 1. The zero-order valence-corrected chi connectivity index (χ0v) is 11.8. The van der Waals surface area contributed by atoms with Crippen LogP contribution in [0.15, 0.2) is 28.7 Å². The Morgan fingerprint density at radius 3 is 2.62 bits per heavy atom. The van der Waals surface area contributed by atoms with Gasteiger partial charge in [-0.2, -0.15) is 0 Å². The summed E-state index contributed by atoms with van der Waals surface area (Å²) >= 11 is 3.41. The summed E-state index contributed by atoms with van der Waals surface area (Å²) in [5.41, 5.74) is 6.26. The van der Waals surface area contributed by atoms with Crippen LogP contribution >= 0.6 is 15.9 Å². The average Bonchev–Trinajstić information content (AvgIpc) is 2.12. The zero-order valence-electron chi connectivity index (χ0n) is 10.2. The van der Waals surface area contributed by atoms with Crippen molar-refractivity contribution in [3.05, 3.63) is 28.7 Å². The summed E-state index contributed by atoms with van der Waals surface area (Å²) in [5.74, 6) is 0.860. The minimum Gasteiger partial charge on any atom is -0.492 e. The maximum atomic E-state index is 6.01. The van der Waals surface area contributed by atoms with E-state index >= 15 is 0 Å². The zero-order chi connectivity index (χ0) is 12.2. The Hall–Kier alpha value is -0.540. The van der Waals surface area contributed by atoms with Crippen LogP contribution in [-0.2, 0) is 0 Å². The molecule has 1 atom stereocenters. The van der Waals surface area contributed by atoms with Crippen molar-refractivity contribution in [3.63, 3.8) is 0 Å². The molecule has 2 N–H and O–H groups in total. The summed E-state index contributed by atoms with van der Waals surface area (Å²) in [5, 5.41) is 0. The molecule has 3 heteroatoms. The van der Waals surface area contributed by atoms with E-state index in [0.29, 0.717) is 6.61 Å². The Labute approximate surface area is 106 Å². The van der Waals surface area contributed by atoms with Gasteiger partial charge in [-0.3, -0.25) is 0 Å². The van der Waals surface area contributed by atoms with E-state index in [1.807, 2.05) is 24.3 Å². The van der Waals surface area contributed by atoms with Crippen molar-refractivity contribution in [2.75, 3.05) is 6.61 Å². The summed E-state index contributed by atoms with van der Waals surface area (Å²) in [6, 6.07) is 7.90. The van der Waals surface area contributed by atoms with Gasteiger partial charge in [0.05, 0.1) is 0 Å². The molecule has 2 nitrogen and oxygen atoms in total. The highest BCUT2D eigenvalue weighted by Gasteiger charge is 2.15. The molecule has 90 valence electrons. The summed E-state index contributed by atoms with van der Waals surface area (Å²) in [7, 11) is 0. The molecule has 16 heavy (non-hydrogen) atoms. The maximum Gasteiger partial charge on any atom is 0.120 e. The number of hydrogen-bond acceptors (Lipinski definition) is 2. The predicted molar refractivity (Wildman–Crippen MR) is 71.7 cm³/mol. The van der Waals surface area contributed by atoms with Crippen LogP contribution < -0.4 is 10.5 Å². The second kappa shape index (κ2) is 5.69. The molecule has 0 saturated carbocycles. The summed E-state index contributed by atoms with van der Waals surface area (Å²) in [4.78, 5) is 0. The molecule has 0 aromatic heterocycles. The molecule has 1 aromatic rings. The molecule has 0 bridgehead atoms. The molecular formula is C13H20BrNO. The van der Waals surface area contributed by atoms with Gasteiger partial charge in [-0.05, 0) is 30.0 Å². The summed E-state index contributed by atoms with van der Waals surface area (Å²) in [6.45, 7) is 7.12. The van der Waals surface area contributed by atoms with Gasteiger partial charge < -0.3 is 10.5 Å². The highest BCUT2D eigenvalue weighted by atomic mass is 79.9. The van der Waals surface area contributed by atoms with Crippen molar-refractivity contribution < 1.29 is 4.74 Å². The first-order valence-electron chi connectivity index (χ1n) is 5.51. The van der Waals surface area contributed by atoms with E-state index in [9.17, 15) is 0 Å². The molecule has 0 heterocycles. The second-order valence-corrected chi connectivity index (χ2v) is 6.21. The molecule has 0 aliphatic rings. The second-order valence-electron chi connectivity index (χ2n) is 5.29. The molecule has 0 fully saturated rings. The monoisotopic (exact) mass is 285 g/mol. The number of hydrogen-bond donors (Lipinski definition) is 1. The van der Waals surface area contributed by atoms with Crippen molar-refractivity contribution in [2.45, 2.75) is 33.2 Å². The lowest BCUT2D eigenvalue weighted by atomic mass is 9.89. The fraction of sp³-hybridized carbons (Fsp3) is 0.538. The molecule has 0 aliphatic carbocycles. The van der Waals surface area contributed by atoms with Crippen LogP contribution in [-0.4, -0.2) is 12.6 Å². The van der Waals surface area contributed by atoms with E-state index in [-0.39, 0.29) is 11.5 Å². The van der Waals surface area contributed by atoms with Crippen LogP contribution in [0.2, 0.25) is 0 Å². The van der Waals surface area contributed by atoms with Gasteiger partial charge in [0.25, 0.3) is 0 Å². The van der Waals surface area contributed by atoms with Crippen molar-refractivity contribution in [1.29, 1.82) is 0 Å². The molecule has 0 aliphatic heterocycles. The number of nitrogens with two attached hydrogens (primary N) is 1. The van der Waals surface area contributed by atoms with E-state index in [4.69, 9.17) is 10.5 Å². The lowest BCUT2D eigenvalue weighted by Gasteiger charge is -2.23. The van der Waals surface area contributed by atoms with E-state index in [2.05, 4.69) is 36.7 Å². The van der Waals surface area contributed by atoms with Gasteiger partial charge in [0.2, 0.25) is 0 Å². The van der Waals surface area contributed by atoms with Gasteiger partial charge in [0.15, 0.2) is 0 Å². The lowest BCUT2D eigenvalue weighted by molar-refractivity contribution is 0.241. The first kappa shape index (κ1) is 13.5. The van der Waals surface area contributed by atoms with Gasteiger partial charge in [-0.15, -0.1) is 0 Å². The Bertz CT molecular complexity index is 333. The smallest absolute Gasteiger partial charge is 0.120 e. The molecule has 1 aromatic carbocycles. The van der Waals surface area contributed by atoms with Gasteiger partial charge in [0.1, 0.15) is 12.4 Å². The van der Waals surface area contributed by atoms with Gasteiger partial charge in [-0.25, -0.2) is 0 Å². The summed E-state index contributed by atoms with van der Waals surface area (Å²) in [6.07, 6.45) is 0.959. The highest BCUT2D eigenvalue weighted by Crippen LogP contribution is 2.21. The Morgan fingerprint density at radius 2 is 2.06 bits per heavy atom. The third kappa shape index (κ3) is 5.52. The largest absolute Gasteiger partial charge is 0.492 e. The topological polar surface area (TPSA) is 35.2 Å². The molecular weight excluding hydrogens is 266 g/mol. The molecule has 0 spiro atoms. The Balaban J connectivity index is 2.40. The molecule has 1 rings (SSSR count). The van der Waals surface area contributed by atoms with Crippen molar-refractivity contribution in [3.8, 4) is 5.75 Å². The SMILES string of the molecule is CC(C)(C)CC(N)COc1cccc(Br)c1. The quantitative estimate of drug-likeness (QED) is 0.918. The minimum absolute atomic E-state index is 0.0824. The highest BCUT2D eigenvalue weighted by molar-refractivity contribution is 9.10. The summed E-state index contributed by atoms with van der Waals surface area (Å²) < 4.78 is 6.66. The van der Waals surface area contributed by atoms with Crippen molar-refractivity contribution in [1.82, 2.24) is 0 Å². The Kier molecular flexibility index (Phi) is 4.81. The number of rotatable bonds is 4. The van der Waals surface area contributed by atoms with Crippen LogP contribution in [0.4, 0.5) is 0 Å². The minimum atomic E-state index is 0.0824. The molecule has 0 saturated heterocycles. The fourth-order valence-corrected chi connectivity index (χ4v) is 1.98. The average molecular weight is 286 g/mol. The van der Waals surface area contributed by atoms with Crippen LogP contribution in [0.5, 0.6) is 5.75 Å². The maximum absolute atomic E-state index is 6.01. The lowest BCUT2D eigenvalue weighted by Crippen LogP contribution is -2.32. The number of ether oxygens (including phenoxy) is 1. The molecule has 0 radical (unpaired) electrons. The van der Waals surface area contributed by atoms with Crippen LogP contribution in [0.3, 0.4) is 0 Å². The van der Waals surface area contributed by atoms with Gasteiger partial charge in [0, 0.05) is 10.5 Å². The first-order chi connectivity index (χ1) is 7.37. The predicted octanol–water partition coefficient (Wildman–Crippen LogP) is 3.59. The van der Waals surface area contributed by atoms with E-state index < -0.39 is 0 Å². The van der Waals surface area contributed by atoms with Crippen molar-refractivity contribution in [2.24, 2.45) is 11.1 Å². The number of halogens is 1.